The van der Waals surface area contributed by atoms with Crippen LogP contribution in [0, 0.1) is 5.92 Å². The van der Waals surface area contributed by atoms with Crippen LogP contribution in [-0.4, -0.2) is 48.2 Å². The number of carbonyl (C=O) groups excluding carboxylic acids is 1. The Balaban J connectivity index is 2.42. The lowest BCUT2D eigenvalue weighted by Gasteiger charge is -2.31. The third-order valence-corrected chi connectivity index (χ3v) is 2.76. The smallest absolute Gasteiger partial charge is 0.328 e. The maximum Gasteiger partial charge on any atom is 0.328 e. The zero-order valence-corrected chi connectivity index (χ0v) is 10.1. The number of rotatable bonds is 5. The lowest BCUT2D eigenvalue weighted by atomic mass is 9.99. The van der Waals surface area contributed by atoms with E-state index in [2.05, 4.69) is 0 Å². The van der Waals surface area contributed by atoms with Gasteiger partial charge in [0.15, 0.2) is 0 Å². The molecule has 0 aromatic carbocycles. The average Bonchev–Trinajstić information content (AvgIpc) is 2.33. The van der Waals surface area contributed by atoms with E-state index in [0.717, 1.165) is 25.0 Å². The van der Waals surface area contributed by atoms with Crippen LogP contribution in [0.25, 0.3) is 0 Å². The second-order valence-corrected chi connectivity index (χ2v) is 4.12. The average molecular weight is 241 g/mol. The zero-order chi connectivity index (χ0) is 12.7. The van der Waals surface area contributed by atoms with Crippen molar-refractivity contribution in [3.05, 3.63) is 12.2 Å². The van der Waals surface area contributed by atoms with Gasteiger partial charge in [-0.1, -0.05) is 0 Å². The Morgan fingerprint density at radius 3 is 2.88 bits per heavy atom. The molecule has 0 aromatic heterocycles. The van der Waals surface area contributed by atoms with Gasteiger partial charge in [0, 0.05) is 31.8 Å². The number of aliphatic carboxylic acids is 1. The topological polar surface area (TPSA) is 66.8 Å². The van der Waals surface area contributed by atoms with Crippen molar-refractivity contribution in [2.45, 2.75) is 19.8 Å². The molecule has 1 rings (SSSR count). The summed E-state index contributed by atoms with van der Waals surface area (Å²) in [6, 6.07) is 0. The first-order valence-electron chi connectivity index (χ1n) is 5.91. The van der Waals surface area contributed by atoms with Crippen molar-refractivity contribution in [2.75, 3.05) is 26.3 Å². The number of likely N-dealkylation sites (tertiary alicyclic amines) is 1. The van der Waals surface area contributed by atoms with Crippen LogP contribution in [0.15, 0.2) is 12.2 Å². The van der Waals surface area contributed by atoms with Gasteiger partial charge in [-0.2, -0.15) is 0 Å². The van der Waals surface area contributed by atoms with Crippen LogP contribution in [0.5, 0.6) is 0 Å². The van der Waals surface area contributed by atoms with E-state index in [1.165, 1.54) is 0 Å². The second-order valence-electron chi connectivity index (χ2n) is 4.12. The predicted molar refractivity (Wildman–Crippen MR) is 62.6 cm³/mol. The molecule has 0 aliphatic carbocycles. The summed E-state index contributed by atoms with van der Waals surface area (Å²) in [4.78, 5) is 23.7. The monoisotopic (exact) mass is 241 g/mol. The highest BCUT2D eigenvalue weighted by atomic mass is 16.5. The molecule has 1 fully saturated rings. The summed E-state index contributed by atoms with van der Waals surface area (Å²) in [6.07, 6.45) is 4.01. The first kappa shape index (κ1) is 13.7. The first-order chi connectivity index (χ1) is 8.13. The van der Waals surface area contributed by atoms with Crippen LogP contribution < -0.4 is 0 Å². The molecule has 1 saturated heterocycles. The Morgan fingerprint density at radius 2 is 2.24 bits per heavy atom. The molecule has 1 atom stereocenters. The maximum atomic E-state index is 11.7. The fraction of sp³-hybridized carbons (Fsp3) is 0.667. The van der Waals surface area contributed by atoms with Crippen molar-refractivity contribution >= 4 is 11.9 Å². The molecule has 0 radical (unpaired) electrons. The van der Waals surface area contributed by atoms with E-state index in [1.807, 2.05) is 6.92 Å². The fourth-order valence-electron chi connectivity index (χ4n) is 1.93. The number of ether oxygens (including phenoxy) is 1. The van der Waals surface area contributed by atoms with Gasteiger partial charge in [-0.15, -0.1) is 0 Å². The molecule has 1 aliphatic rings. The first-order valence-corrected chi connectivity index (χ1v) is 5.91. The highest BCUT2D eigenvalue weighted by Crippen LogP contribution is 2.17. The third kappa shape index (κ3) is 4.99. The van der Waals surface area contributed by atoms with Crippen molar-refractivity contribution in [1.82, 2.24) is 4.90 Å². The molecular formula is C12H19NO4. The maximum absolute atomic E-state index is 11.7. The minimum absolute atomic E-state index is 0.228. The molecule has 17 heavy (non-hydrogen) atoms. The van der Waals surface area contributed by atoms with Crippen molar-refractivity contribution in [3.8, 4) is 0 Å². The molecule has 0 saturated carbocycles. The third-order valence-electron chi connectivity index (χ3n) is 2.76. The van der Waals surface area contributed by atoms with Gasteiger partial charge in [-0.25, -0.2) is 4.79 Å². The molecule has 96 valence electrons. The lowest BCUT2D eigenvalue weighted by Crippen LogP contribution is -2.40. The van der Waals surface area contributed by atoms with Gasteiger partial charge in [-0.3, -0.25) is 4.79 Å². The van der Waals surface area contributed by atoms with Gasteiger partial charge >= 0.3 is 5.97 Å². The summed E-state index contributed by atoms with van der Waals surface area (Å²) in [6.45, 7) is 4.65. The van der Waals surface area contributed by atoms with E-state index in [0.29, 0.717) is 32.2 Å². The van der Waals surface area contributed by atoms with Gasteiger partial charge in [0.2, 0.25) is 5.91 Å². The van der Waals surface area contributed by atoms with Gasteiger partial charge in [-0.05, 0) is 25.7 Å². The van der Waals surface area contributed by atoms with Gasteiger partial charge in [0.05, 0.1) is 6.61 Å². The highest BCUT2D eigenvalue weighted by molar-refractivity contribution is 5.93. The summed E-state index contributed by atoms with van der Waals surface area (Å²) in [5, 5.41) is 8.45. The molecule has 0 unspecified atom stereocenters. The van der Waals surface area contributed by atoms with E-state index >= 15 is 0 Å². The van der Waals surface area contributed by atoms with E-state index in [4.69, 9.17) is 9.84 Å². The van der Waals surface area contributed by atoms with Crippen molar-refractivity contribution in [3.63, 3.8) is 0 Å². The second kappa shape index (κ2) is 7.06. The standard InChI is InChI=1S/C12H19NO4/c1-2-17-9-10-4-3-7-13(8-10)11(14)5-6-12(15)16/h5-6,10H,2-4,7-9H2,1H3,(H,15,16)/b6-5+/t10-/m0/s1. The van der Waals surface area contributed by atoms with Crippen LogP contribution >= 0.6 is 0 Å². The number of carbonyl (C=O) groups is 2. The summed E-state index contributed by atoms with van der Waals surface area (Å²) < 4.78 is 5.35. The Kier molecular flexibility index (Phi) is 5.69. The summed E-state index contributed by atoms with van der Waals surface area (Å²) >= 11 is 0. The van der Waals surface area contributed by atoms with Crippen molar-refractivity contribution < 1.29 is 19.4 Å². The Morgan fingerprint density at radius 1 is 1.47 bits per heavy atom. The van der Waals surface area contributed by atoms with Crippen LogP contribution in [-0.2, 0) is 14.3 Å². The molecule has 1 heterocycles. The molecule has 0 aromatic rings. The Hall–Kier alpha value is -1.36. The Labute approximate surface area is 101 Å². The number of nitrogens with zero attached hydrogens (tertiary/aromatic N) is 1. The Bertz CT molecular complexity index is 301. The highest BCUT2D eigenvalue weighted by Gasteiger charge is 2.22. The predicted octanol–water partition coefficient (Wildman–Crippen LogP) is 0.902. The fourth-order valence-corrected chi connectivity index (χ4v) is 1.93. The summed E-state index contributed by atoms with van der Waals surface area (Å²) in [7, 11) is 0. The molecule has 5 nitrogen and oxygen atoms in total. The number of hydrogen-bond acceptors (Lipinski definition) is 3. The van der Waals surface area contributed by atoms with E-state index in [9.17, 15) is 9.59 Å². The molecule has 1 N–H and O–H groups in total. The van der Waals surface area contributed by atoms with Gasteiger partial charge in [0.1, 0.15) is 0 Å². The minimum Gasteiger partial charge on any atom is -0.478 e. The quantitative estimate of drug-likeness (QED) is 0.726. The van der Waals surface area contributed by atoms with Crippen LogP contribution in [0.2, 0.25) is 0 Å². The number of amides is 1. The zero-order valence-electron chi connectivity index (χ0n) is 10.1. The molecular weight excluding hydrogens is 222 g/mol. The van der Waals surface area contributed by atoms with Gasteiger partial charge < -0.3 is 14.7 Å². The number of piperidine rings is 1. The van der Waals surface area contributed by atoms with E-state index < -0.39 is 5.97 Å². The summed E-state index contributed by atoms with van der Waals surface area (Å²) in [5.74, 6) is -0.958. The molecule has 5 heteroatoms. The van der Waals surface area contributed by atoms with Crippen molar-refractivity contribution in [2.24, 2.45) is 5.92 Å². The van der Waals surface area contributed by atoms with Crippen molar-refractivity contribution in [1.29, 1.82) is 0 Å². The van der Waals surface area contributed by atoms with Gasteiger partial charge in [0.25, 0.3) is 0 Å². The number of hydrogen-bond donors (Lipinski definition) is 1. The normalized spacial score (nSPS) is 20.8. The summed E-state index contributed by atoms with van der Waals surface area (Å²) in [5.41, 5.74) is 0. The van der Waals surface area contributed by atoms with E-state index in [1.54, 1.807) is 4.90 Å². The van der Waals surface area contributed by atoms with Crippen LogP contribution in [0.4, 0.5) is 0 Å². The lowest BCUT2D eigenvalue weighted by molar-refractivity contribution is -0.132. The van der Waals surface area contributed by atoms with E-state index in [-0.39, 0.29) is 5.91 Å². The molecule has 1 aliphatic heterocycles. The largest absolute Gasteiger partial charge is 0.478 e. The molecule has 0 bridgehead atoms. The number of carboxylic acid groups (broad SMARTS) is 1. The van der Waals surface area contributed by atoms with Crippen LogP contribution in [0.3, 0.4) is 0 Å². The minimum atomic E-state index is -1.10. The molecule has 0 spiro atoms. The molecule has 1 amide bonds. The van der Waals surface area contributed by atoms with Crippen LogP contribution in [0.1, 0.15) is 19.8 Å². The number of carboxylic acids is 1. The SMILES string of the molecule is CCOC[C@H]1CCCN(C(=O)/C=C/C(=O)O)C1.